The maximum atomic E-state index is 6.08. The van der Waals surface area contributed by atoms with Crippen LogP contribution in [0.15, 0.2) is 48.5 Å². The fraction of sp³-hybridized carbons (Fsp3) is 0.294. The van der Waals surface area contributed by atoms with Gasteiger partial charge in [0.1, 0.15) is 5.75 Å². The van der Waals surface area contributed by atoms with E-state index in [-0.39, 0.29) is 6.04 Å². The first-order chi connectivity index (χ1) is 10.3. The molecule has 21 heavy (non-hydrogen) atoms. The van der Waals surface area contributed by atoms with Crippen molar-refractivity contribution in [3.05, 3.63) is 59.7 Å². The van der Waals surface area contributed by atoms with Crippen LogP contribution in [-0.2, 0) is 0 Å². The minimum atomic E-state index is 0.0438. The number of hydrogen-bond donors (Lipinski definition) is 3. The number of nitrogens with one attached hydrogen (secondary N) is 1. The lowest BCUT2D eigenvalue weighted by Gasteiger charge is -2.29. The second kappa shape index (κ2) is 6.16. The largest absolute Gasteiger partial charge is 0.493 e. The van der Waals surface area contributed by atoms with Crippen LogP contribution in [0.3, 0.4) is 0 Å². The molecule has 4 nitrogen and oxygen atoms in total. The molecule has 0 fully saturated rings. The Labute approximate surface area is 125 Å². The number of nitrogen functional groups attached to an aromatic ring is 1. The Morgan fingerprint density at radius 3 is 2.71 bits per heavy atom. The van der Waals surface area contributed by atoms with E-state index >= 15 is 0 Å². The lowest BCUT2D eigenvalue weighted by molar-refractivity contribution is 0.255. The van der Waals surface area contributed by atoms with E-state index in [1.54, 1.807) is 0 Å². The Morgan fingerprint density at radius 2 is 1.90 bits per heavy atom. The van der Waals surface area contributed by atoms with Gasteiger partial charge in [-0.15, -0.1) is 0 Å². The SMILES string of the molecule is NNC(CC1CCOc2ccccc21)c1ccccc1N. The first kappa shape index (κ1) is 13.9. The summed E-state index contributed by atoms with van der Waals surface area (Å²) in [4.78, 5) is 0. The zero-order valence-corrected chi connectivity index (χ0v) is 12.0. The summed E-state index contributed by atoms with van der Waals surface area (Å²) in [5.74, 6) is 7.19. The van der Waals surface area contributed by atoms with Gasteiger partial charge in [-0.1, -0.05) is 36.4 Å². The van der Waals surface area contributed by atoms with E-state index in [1.807, 2.05) is 36.4 Å². The van der Waals surface area contributed by atoms with Gasteiger partial charge in [-0.25, -0.2) is 0 Å². The van der Waals surface area contributed by atoms with Gasteiger partial charge < -0.3 is 10.5 Å². The van der Waals surface area contributed by atoms with E-state index in [1.165, 1.54) is 5.56 Å². The molecule has 1 aliphatic heterocycles. The molecule has 4 heteroatoms. The molecule has 0 saturated carbocycles. The average Bonchev–Trinajstić information content (AvgIpc) is 2.53. The number of hydrogen-bond acceptors (Lipinski definition) is 4. The Hall–Kier alpha value is -2.04. The molecule has 0 aliphatic carbocycles. The highest BCUT2D eigenvalue weighted by molar-refractivity contribution is 5.48. The van der Waals surface area contributed by atoms with Crippen molar-refractivity contribution in [1.29, 1.82) is 0 Å². The maximum absolute atomic E-state index is 6.08. The number of benzene rings is 2. The molecule has 0 amide bonds. The van der Waals surface area contributed by atoms with Crippen molar-refractivity contribution < 1.29 is 4.74 Å². The van der Waals surface area contributed by atoms with Gasteiger partial charge in [-0.2, -0.15) is 0 Å². The van der Waals surface area contributed by atoms with Crippen molar-refractivity contribution in [2.45, 2.75) is 24.8 Å². The molecule has 0 radical (unpaired) electrons. The van der Waals surface area contributed by atoms with E-state index in [0.29, 0.717) is 5.92 Å². The summed E-state index contributed by atoms with van der Waals surface area (Å²) in [5.41, 5.74) is 12.1. The molecule has 2 unspecified atom stereocenters. The summed E-state index contributed by atoms with van der Waals surface area (Å²) in [5, 5.41) is 0. The highest BCUT2D eigenvalue weighted by Gasteiger charge is 2.25. The van der Waals surface area contributed by atoms with Crippen LogP contribution >= 0.6 is 0 Å². The topological polar surface area (TPSA) is 73.3 Å². The number of anilines is 1. The molecule has 0 bridgehead atoms. The first-order valence-electron chi connectivity index (χ1n) is 7.32. The number of fused-ring (bicyclic) bond motifs is 1. The molecule has 2 aromatic rings. The normalized spacial score (nSPS) is 18.6. The molecular weight excluding hydrogens is 262 g/mol. The van der Waals surface area contributed by atoms with E-state index < -0.39 is 0 Å². The van der Waals surface area contributed by atoms with Crippen LogP contribution in [0.5, 0.6) is 5.75 Å². The molecule has 0 aromatic heterocycles. The molecule has 2 atom stereocenters. The highest BCUT2D eigenvalue weighted by atomic mass is 16.5. The zero-order chi connectivity index (χ0) is 14.7. The quantitative estimate of drug-likeness (QED) is 0.458. The maximum Gasteiger partial charge on any atom is 0.122 e. The van der Waals surface area contributed by atoms with Crippen molar-refractivity contribution in [2.24, 2.45) is 5.84 Å². The third-order valence-corrected chi connectivity index (χ3v) is 4.18. The summed E-state index contributed by atoms with van der Waals surface area (Å²) < 4.78 is 5.72. The summed E-state index contributed by atoms with van der Waals surface area (Å²) in [7, 11) is 0. The third kappa shape index (κ3) is 2.86. The lowest BCUT2D eigenvalue weighted by atomic mass is 9.85. The summed E-state index contributed by atoms with van der Waals surface area (Å²) >= 11 is 0. The Kier molecular flexibility index (Phi) is 4.08. The van der Waals surface area contributed by atoms with Crippen molar-refractivity contribution in [3.8, 4) is 5.75 Å². The second-order valence-corrected chi connectivity index (χ2v) is 5.46. The van der Waals surface area contributed by atoms with Crippen LogP contribution in [0, 0.1) is 0 Å². The van der Waals surface area contributed by atoms with Crippen molar-refractivity contribution in [3.63, 3.8) is 0 Å². The number of ether oxygens (including phenoxy) is 1. The molecule has 1 aliphatic rings. The highest BCUT2D eigenvalue weighted by Crippen LogP contribution is 2.39. The molecule has 2 aromatic carbocycles. The van der Waals surface area contributed by atoms with Crippen LogP contribution in [-0.4, -0.2) is 6.61 Å². The van der Waals surface area contributed by atoms with Crippen molar-refractivity contribution >= 4 is 5.69 Å². The average molecular weight is 283 g/mol. The summed E-state index contributed by atoms with van der Waals surface area (Å²) in [6.45, 7) is 0.753. The second-order valence-electron chi connectivity index (χ2n) is 5.46. The van der Waals surface area contributed by atoms with Crippen LogP contribution in [0.4, 0.5) is 5.69 Å². The fourth-order valence-electron chi connectivity index (χ4n) is 3.06. The van der Waals surface area contributed by atoms with Gasteiger partial charge in [-0.3, -0.25) is 11.3 Å². The standard InChI is InChI=1S/C17H21N3O/c18-15-7-3-1-6-14(15)16(20-19)11-12-9-10-21-17-8-4-2-5-13(12)17/h1-8,12,16,20H,9-11,18-19H2. The van der Waals surface area contributed by atoms with Gasteiger partial charge in [0.25, 0.3) is 0 Å². The predicted octanol–water partition coefficient (Wildman–Crippen LogP) is 2.73. The van der Waals surface area contributed by atoms with Crippen LogP contribution in [0.1, 0.15) is 35.9 Å². The van der Waals surface area contributed by atoms with E-state index in [0.717, 1.165) is 36.4 Å². The van der Waals surface area contributed by atoms with Gasteiger partial charge in [0.05, 0.1) is 6.61 Å². The number of nitrogens with two attached hydrogens (primary N) is 2. The van der Waals surface area contributed by atoms with Gasteiger partial charge in [0, 0.05) is 11.7 Å². The fourth-order valence-corrected chi connectivity index (χ4v) is 3.06. The molecular formula is C17H21N3O. The van der Waals surface area contributed by atoms with Crippen molar-refractivity contribution in [1.82, 2.24) is 5.43 Å². The number of para-hydroxylation sites is 2. The van der Waals surface area contributed by atoms with Gasteiger partial charge >= 0.3 is 0 Å². The molecule has 0 spiro atoms. The van der Waals surface area contributed by atoms with Crippen LogP contribution < -0.4 is 21.7 Å². The zero-order valence-electron chi connectivity index (χ0n) is 12.0. The lowest BCUT2D eigenvalue weighted by Crippen LogP contribution is -2.31. The smallest absolute Gasteiger partial charge is 0.122 e. The molecule has 3 rings (SSSR count). The van der Waals surface area contributed by atoms with Gasteiger partial charge in [0.15, 0.2) is 0 Å². The minimum Gasteiger partial charge on any atom is -0.493 e. The summed E-state index contributed by atoms with van der Waals surface area (Å²) in [6.07, 6.45) is 1.91. The first-order valence-corrected chi connectivity index (χ1v) is 7.32. The molecule has 1 heterocycles. The molecule has 110 valence electrons. The van der Waals surface area contributed by atoms with Crippen LogP contribution in [0.2, 0.25) is 0 Å². The van der Waals surface area contributed by atoms with Gasteiger partial charge in [0.2, 0.25) is 0 Å². The number of hydrazine groups is 1. The monoisotopic (exact) mass is 283 g/mol. The summed E-state index contributed by atoms with van der Waals surface area (Å²) in [6, 6.07) is 16.2. The Morgan fingerprint density at radius 1 is 1.14 bits per heavy atom. The predicted molar refractivity (Wildman–Crippen MR) is 84.8 cm³/mol. The third-order valence-electron chi connectivity index (χ3n) is 4.18. The Bertz CT molecular complexity index is 614. The van der Waals surface area contributed by atoms with E-state index in [4.69, 9.17) is 16.3 Å². The Balaban J connectivity index is 1.84. The van der Waals surface area contributed by atoms with E-state index in [2.05, 4.69) is 17.6 Å². The van der Waals surface area contributed by atoms with Crippen molar-refractivity contribution in [2.75, 3.05) is 12.3 Å². The number of rotatable bonds is 4. The molecule has 0 saturated heterocycles. The van der Waals surface area contributed by atoms with Gasteiger partial charge in [-0.05, 0) is 42.0 Å². The minimum absolute atomic E-state index is 0.0438. The molecule has 5 N–H and O–H groups in total. The van der Waals surface area contributed by atoms with Crippen LogP contribution in [0.25, 0.3) is 0 Å². The van der Waals surface area contributed by atoms with E-state index in [9.17, 15) is 0 Å².